The maximum absolute atomic E-state index is 14.1. The Morgan fingerprint density at radius 2 is 0.886 bits per heavy atom. The molecule has 2 rings (SSSR count). The van der Waals surface area contributed by atoms with Crippen molar-refractivity contribution in [3.63, 3.8) is 0 Å². The first-order valence-corrected chi connectivity index (χ1v) is 16.0. The van der Waals surface area contributed by atoms with Gasteiger partial charge in [-0.15, -0.1) is 0 Å². The molecule has 0 fully saturated rings. The second-order valence-corrected chi connectivity index (χ2v) is 17.8. The average Bonchev–Trinajstić information content (AvgIpc) is 2.83. The molecule has 0 atom stereocenters. The highest BCUT2D eigenvalue weighted by atomic mass is 16.6. The molecule has 2 aromatic rings. The van der Waals surface area contributed by atoms with Gasteiger partial charge in [0.15, 0.2) is 0 Å². The molecule has 44 heavy (non-hydrogen) atoms. The molecule has 0 saturated carbocycles. The molecule has 5 nitrogen and oxygen atoms in total. The van der Waals surface area contributed by atoms with Crippen molar-refractivity contribution in [2.75, 3.05) is 13.7 Å². The van der Waals surface area contributed by atoms with Crippen LogP contribution in [0.3, 0.4) is 0 Å². The summed E-state index contributed by atoms with van der Waals surface area (Å²) in [5, 5.41) is 2.95. The SMILES string of the molecule is COC(=O)C(CNC(=O)OC(C)(C)C)(Cc1cc(C(C)(C)C)cc(C(C)(C)C)c1)Cc1cc(C(C)(C)C)cc(C(C)(C)C)c1. The molecule has 0 spiro atoms. The number of methoxy groups -OCH3 is 1. The van der Waals surface area contributed by atoms with E-state index in [2.05, 4.69) is 125 Å². The second-order valence-electron chi connectivity index (χ2n) is 17.8. The minimum atomic E-state index is -1.08. The standard InChI is InChI=1S/C39H61NO4/c1-34(2,3)28-17-26(18-29(21-28)35(4,5)6)23-39(32(41)43-16,25-40-33(42)44-38(13,14)15)24-27-19-30(36(7,8)9)22-31(20-27)37(10,11)12/h17-22H,23-25H2,1-16H3,(H,40,42). The van der Waals surface area contributed by atoms with E-state index < -0.39 is 17.1 Å². The Balaban J connectivity index is 2.84. The van der Waals surface area contributed by atoms with E-state index >= 15 is 0 Å². The molecule has 1 N–H and O–H groups in total. The van der Waals surface area contributed by atoms with Gasteiger partial charge in [0.2, 0.25) is 0 Å². The Morgan fingerprint density at radius 1 is 0.568 bits per heavy atom. The molecule has 0 radical (unpaired) electrons. The zero-order valence-electron chi connectivity index (χ0n) is 30.7. The summed E-state index contributed by atoms with van der Waals surface area (Å²) in [6.45, 7) is 32.1. The van der Waals surface area contributed by atoms with Gasteiger partial charge in [0.05, 0.1) is 12.5 Å². The van der Waals surface area contributed by atoms with E-state index in [4.69, 9.17) is 9.47 Å². The summed E-state index contributed by atoms with van der Waals surface area (Å²) in [5.41, 5.74) is 4.86. The molecule has 0 aliphatic heterocycles. The number of carbonyl (C=O) groups excluding carboxylic acids is 2. The summed E-state index contributed by atoms with van der Waals surface area (Å²) in [5.74, 6) is -0.356. The van der Waals surface area contributed by atoms with E-state index in [1.807, 2.05) is 20.8 Å². The molecule has 2 aromatic carbocycles. The topological polar surface area (TPSA) is 64.6 Å². The van der Waals surface area contributed by atoms with Crippen LogP contribution in [0.5, 0.6) is 0 Å². The van der Waals surface area contributed by atoms with Crippen LogP contribution < -0.4 is 5.32 Å². The van der Waals surface area contributed by atoms with Crippen molar-refractivity contribution in [1.29, 1.82) is 0 Å². The van der Waals surface area contributed by atoms with Gasteiger partial charge in [-0.1, -0.05) is 119 Å². The maximum Gasteiger partial charge on any atom is 0.407 e. The van der Waals surface area contributed by atoms with E-state index in [-0.39, 0.29) is 34.2 Å². The third kappa shape index (κ3) is 10.4. The number of esters is 1. The summed E-state index contributed by atoms with van der Waals surface area (Å²) in [6.07, 6.45) is 0.239. The van der Waals surface area contributed by atoms with Crippen LogP contribution in [-0.4, -0.2) is 31.3 Å². The summed E-state index contributed by atoms with van der Waals surface area (Å²) < 4.78 is 11.2. The number of hydrogen-bond donors (Lipinski definition) is 1. The van der Waals surface area contributed by atoms with Gasteiger partial charge in [-0.05, 0) is 88.7 Å². The summed E-state index contributed by atoms with van der Waals surface area (Å²) in [4.78, 5) is 27.0. The largest absolute Gasteiger partial charge is 0.469 e. The van der Waals surface area contributed by atoms with Crippen LogP contribution in [0.4, 0.5) is 4.79 Å². The molecular weight excluding hydrogens is 546 g/mol. The highest BCUT2D eigenvalue weighted by Crippen LogP contribution is 2.37. The van der Waals surface area contributed by atoms with Crippen LogP contribution in [0.2, 0.25) is 0 Å². The predicted molar refractivity (Wildman–Crippen MR) is 184 cm³/mol. The minimum Gasteiger partial charge on any atom is -0.469 e. The Bertz CT molecular complexity index is 1180. The monoisotopic (exact) mass is 607 g/mol. The highest BCUT2D eigenvalue weighted by molar-refractivity contribution is 5.79. The summed E-state index contributed by atoms with van der Waals surface area (Å²) in [6, 6.07) is 13.4. The Morgan fingerprint density at radius 3 is 1.14 bits per heavy atom. The lowest BCUT2D eigenvalue weighted by Gasteiger charge is -2.34. The fourth-order valence-corrected chi connectivity index (χ4v) is 5.28. The Kier molecular flexibility index (Phi) is 10.9. The molecule has 0 aromatic heterocycles. The van der Waals surface area contributed by atoms with Crippen molar-refractivity contribution in [2.45, 2.75) is 144 Å². The van der Waals surface area contributed by atoms with Crippen molar-refractivity contribution < 1.29 is 19.1 Å². The third-order valence-electron chi connectivity index (χ3n) is 8.12. The number of hydrogen-bond acceptors (Lipinski definition) is 4. The molecule has 0 heterocycles. The molecular formula is C39H61NO4. The number of amides is 1. The lowest BCUT2D eigenvalue weighted by molar-refractivity contribution is -0.152. The van der Waals surface area contributed by atoms with Crippen molar-refractivity contribution in [3.8, 4) is 0 Å². The van der Waals surface area contributed by atoms with E-state index in [0.29, 0.717) is 12.8 Å². The minimum absolute atomic E-state index is 0.0732. The molecule has 0 aliphatic carbocycles. The summed E-state index contributed by atoms with van der Waals surface area (Å²) >= 11 is 0. The molecule has 0 bridgehead atoms. The average molecular weight is 608 g/mol. The lowest BCUT2D eigenvalue weighted by atomic mass is 9.72. The summed E-state index contributed by atoms with van der Waals surface area (Å²) in [7, 11) is 1.43. The number of nitrogens with one attached hydrogen (secondary N) is 1. The van der Waals surface area contributed by atoms with Gasteiger partial charge in [-0.3, -0.25) is 4.79 Å². The first-order chi connectivity index (χ1) is 19.7. The zero-order valence-corrected chi connectivity index (χ0v) is 30.7. The molecule has 0 unspecified atom stereocenters. The van der Waals surface area contributed by atoms with Gasteiger partial charge in [0.1, 0.15) is 5.60 Å². The van der Waals surface area contributed by atoms with Gasteiger partial charge in [0.25, 0.3) is 0 Å². The van der Waals surface area contributed by atoms with Crippen LogP contribution in [0.15, 0.2) is 36.4 Å². The molecule has 0 aliphatic rings. The van der Waals surface area contributed by atoms with Gasteiger partial charge in [-0.25, -0.2) is 4.79 Å². The van der Waals surface area contributed by atoms with Crippen molar-refractivity contribution in [3.05, 3.63) is 69.8 Å². The quantitative estimate of drug-likeness (QED) is 0.319. The third-order valence-corrected chi connectivity index (χ3v) is 8.12. The van der Waals surface area contributed by atoms with Crippen LogP contribution in [0.1, 0.15) is 137 Å². The van der Waals surface area contributed by atoms with E-state index in [9.17, 15) is 9.59 Å². The Hall–Kier alpha value is -2.82. The van der Waals surface area contributed by atoms with Crippen LogP contribution in [0.25, 0.3) is 0 Å². The van der Waals surface area contributed by atoms with E-state index in [1.54, 1.807) is 0 Å². The van der Waals surface area contributed by atoms with E-state index in [1.165, 1.54) is 29.4 Å². The first kappa shape index (κ1) is 37.4. The predicted octanol–water partition coefficient (Wildman–Crippen LogP) is 9.35. The van der Waals surface area contributed by atoms with Gasteiger partial charge in [-0.2, -0.15) is 0 Å². The number of carbonyl (C=O) groups is 2. The van der Waals surface area contributed by atoms with Crippen molar-refractivity contribution in [2.24, 2.45) is 5.41 Å². The van der Waals surface area contributed by atoms with Crippen LogP contribution >= 0.6 is 0 Å². The number of ether oxygens (including phenoxy) is 2. The fraction of sp³-hybridized carbons (Fsp3) is 0.641. The first-order valence-electron chi connectivity index (χ1n) is 16.0. The number of benzene rings is 2. The molecule has 1 amide bonds. The Labute approximate surface area is 268 Å². The van der Waals surface area contributed by atoms with Crippen molar-refractivity contribution >= 4 is 12.1 Å². The van der Waals surface area contributed by atoms with Gasteiger partial charge in [0, 0.05) is 6.54 Å². The fourth-order valence-electron chi connectivity index (χ4n) is 5.28. The second kappa shape index (κ2) is 12.9. The highest BCUT2D eigenvalue weighted by Gasteiger charge is 2.42. The van der Waals surface area contributed by atoms with Gasteiger partial charge < -0.3 is 14.8 Å². The molecule has 246 valence electrons. The zero-order chi connectivity index (χ0) is 34.1. The van der Waals surface area contributed by atoms with Crippen molar-refractivity contribution in [1.82, 2.24) is 5.32 Å². The smallest absolute Gasteiger partial charge is 0.407 e. The maximum atomic E-state index is 14.1. The normalized spacial score (nSPS) is 13.5. The van der Waals surface area contributed by atoms with Gasteiger partial charge >= 0.3 is 12.1 Å². The molecule has 0 saturated heterocycles. The number of alkyl carbamates (subject to hydrolysis) is 1. The van der Waals surface area contributed by atoms with Crippen LogP contribution in [-0.2, 0) is 48.8 Å². The molecule has 5 heteroatoms. The van der Waals surface area contributed by atoms with E-state index in [0.717, 1.165) is 11.1 Å². The van der Waals surface area contributed by atoms with Crippen LogP contribution in [0, 0.1) is 5.41 Å². The number of rotatable bonds is 7. The lowest BCUT2D eigenvalue weighted by Crippen LogP contribution is -2.48.